The third-order valence-electron chi connectivity index (χ3n) is 3.70. The van der Waals surface area contributed by atoms with Gasteiger partial charge >= 0.3 is 0 Å². The van der Waals surface area contributed by atoms with Crippen LogP contribution in [0.3, 0.4) is 0 Å². The molecule has 0 bridgehead atoms. The van der Waals surface area contributed by atoms with Crippen molar-refractivity contribution in [1.82, 2.24) is 4.90 Å². The predicted octanol–water partition coefficient (Wildman–Crippen LogP) is 4.00. The minimum Gasteiger partial charge on any atom is -0.387 e. The summed E-state index contributed by atoms with van der Waals surface area (Å²) < 4.78 is 0. The van der Waals surface area contributed by atoms with E-state index in [2.05, 4.69) is 18.7 Å². The van der Waals surface area contributed by atoms with E-state index in [0.29, 0.717) is 28.4 Å². The normalized spacial score (nSPS) is 26.4. The molecule has 4 heteroatoms. The van der Waals surface area contributed by atoms with Crippen LogP contribution in [0.15, 0.2) is 18.2 Å². The summed E-state index contributed by atoms with van der Waals surface area (Å²) >= 11 is 12.0. The summed E-state index contributed by atoms with van der Waals surface area (Å²) in [5, 5.41) is 11.5. The topological polar surface area (TPSA) is 23.5 Å². The average molecular weight is 302 g/mol. The molecule has 1 N–H and O–H groups in total. The van der Waals surface area contributed by atoms with Gasteiger partial charge in [-0.1, -0.05) is 43.1 Å². The van der Waals surface area contributed by atoms with Gasteiger partial charge in [-0.3, -0.25) is 4.90 Å². The minimum absolute atomic E-state index is 0.540. The van der Waals surface area contributed by atoms with E-state index in [9.17, 15) is 5.11 Å². The number of rotatable bonds is 3. The van der Waals surface area contributed by atoms with Crippen molar-refractivity contribution in [3.05, 3.63) is 33.8 Å². The Morgan fingerprint density at radius 2 is 1.89 bits per heavy atom. The maximum absolute atomic E-state index is 10.3. The van der Waals surface area contributed by atoms with Gasteiger partial charge in [0.15, 0.2) is 0 Å². The van der Waals surface area contributed by atoms with E-state index in [1.165, 1.54) is 6.42 Å². The average Bonchev–Trinajstić information content (AvgIpc) is 2.26. The van der Waals surface area contributed by atoms with Crippen molar-refractivity contribution in [1.29, 1.82) is 0 Å². The molecule has 3 unspecified atom stereocenters. The Morgan fingerprint density at radius 3 is 2.47 bits per heavy atom. The SMILES string of the molecule is CC1CC(C)CN(CC(O)c2ccc(Cl)cc2Cl)C1. The maximum Gasteiger partial charge on any atom is 0.0931 e. The zero-order valence-electron chi connectivity index (χ0n) is 11.4. The second-order valence-corrected chi connectivity index (χ2v) is 6.69. The van der Waals surface area contributed by atoms with Gasteiger partial charge in [-0.25, -0.2) is 0 Å². The molecule has 1 aliphatic rings. The second kappa shape index (κ2) is 6.45. The number of piperidine rings is 1. The van der Waals surface area contributed by atoms with Crippen LogP contribution in [0.5, 0.6) is 0 Å². The number of likely N-dealkylation sites (tertiary alicyclic amines) is 1. The molecule has 0 saturated carbocycles. The van der Waals surface area contributed by atoms with Crippen molar-refractivity contribution in [2.45, 2.75) is 26.4 Å². The fourth-order valence-corrected chi connectivity index (χ4v) is 3.59. The summed E-state index contributed by atoms with van der Waals surface area (Å²) in [4.78, 5) is 2.33. The number of halogens is 2. The van der Waals surface area contributed by atoms with Gasteiger partial charge in [0.1, 0.15) is 0 Å². The first-order chi connectivity index (χ1) is 8.95. The monoisotopic (exact) mass is 301 g/mol. The molecule has 2 nitrogen and oxygen atoms in total. The van der Waals surface area contributed by atoms with E-state index in [0.717, 1.165) is 18.7 Å². The van der Waals surface area contributed by atoms with E-state index in [1.807, 2.05) is 6.07 Å². The first-order valence-corrected chi connectivity index (χ1v) is 7.56. The lowest BCUT2D eigenvalue weighted by atomic mass is 9.91. The summed E-state index contributed by atoms with van der Waals surface area (Å²) in [6, 6.07) is 5.27. The fraction of sp³-hybridized carbons (Fsp3) is 0.600. The zero-order chi connectivity index (χ0) is 14.0. The Kier molecular flexibility index (Phi) is 5.13. The highest BCUT2D eigenvalue weighted by atomic mass is 35.5. The molecular formula is C15H21Cl2NO. The van der Waals surface area contributed by atoms with Gasteiger partial charge in [0.2, 0.25) is 0 Å². The zero-order valence-corrected chi connectivity index (χ0v) is 13.0. The highest BCUT2D eigenvalue weighted by Gasteiger charge is 2.24. The van der Waals surface area contributed by atoms with Crippen LogP contribution in [0.25, 0.3) is 0 Å². The molecule has 0 amide bonds. The lowest BCUT2D eigenvalue weighted by Gasteiger charge is -2.36. The molecule has 1 saturated heterocycles. The van der Waals surface area contributed by atoms with Crippen molar-refractivity contribution in [3.8, 4) is 0 Å². The molecule has 1 fully saturated rings. The van der Waals surface area contributed by atoms with Gasteiger partial charge in [-0.05, 0) is 30.4 Å². The van der Waals surface area contributed by atoms with Gasteiger partial charge in [0, 0.05) is 35.2 Å². The molecular weight excluding hydrogens is 281 g/mol. The van der Waals surface area contributed by atoms with Crippen LogP contribution < -0.4 is 0 Å². The van der Waals surface area contributed by atoms with Crippen LogP contribution in [0.2, 0.25) is 10.0 Å². The summed E-state index contributed by atoms with van der Waals surface area (Å²) in [6.07, 6.45) is 0.719. The van der Waals surface area contributed by atoms with Crippen LogP contribution in [-0.2, 0) is 0 Å². The van der Waals surface area contributed by atoms with Crippen LogP contribution in [0.1, 0.15) is 31.9 Å². The predicted molar refractivity (Wildman–Crippen MR) is 80.8 cm³/mol. The maximum atomic E-state index is 10.3. The lowest BCUT2D eigenvalue weighted by Crippen LogP contribution is -2.40. The van der Waals surface area contributed by atoms with E-state index in [1.54, 1.807) is 12.1 Å². The molecule has 0 aromatic heterocycles. The molecule has 106 valence electrons. The van der Waals surface area contributed by atoms with Crippen molar-refractivity contribution in [2.75, 3.05) is 19.6 Å². The van der Waals surface area contributed by atoms with Crippen LogP contribution in [0.4, 0.5) is 0 Å². The molecule has 19 heavy (non-hydrogen) atoms. The van der Waals surface area contributed by atoms with Crippen LogP contribution >= 0.6 is 23.2 Å². The Hall–Kier alpha value is -0.280. The first kappa shape index (κ1) is 15.1. The van der Waals surface area contributed by atoms with E-state index >= 15 is 0 Å². The quantitative estimate of drug-likeness (QED) is 0.912. The Bertz CT molecular complexity index is 428. The van der Waals surface area contributed by atoms with Gasteiger partial charge < -0.3 is 5.11 Å². The van der Waals surface area contributed by atoms with E-state index in [-0.39, 0.29) is 0 Å². The highest BCUT2D eigenvalue weighted by Crippen LogP contribution is 2.28. The van der Waals surface area contributed by atoms with Gasteiger partial charge in [0.05, 0.1) is 6.10 Å². The third-order valence-corrected chi connectivity index (χ3v) is 4.26. The van der Waals surface area contributed by atoms with Crippen LogP contribution in [-0.4, -0.2) is 29.6 Å². The van der Waals surface area contributed by atoms with Gasteiger partial charge in [-0.15, -0.1) is 0 Å². The smallest absolute Gasteiger partial charge is 0.0931 e. The molecule has 3 atom stereocenters. The van der Waals surface area contributed by atoms with Gasteiger partial charge in [-0.2, -0.15) is 0 Å². The van der Waals surface area contributed by atoms with Crippen LogP contribution in [0, 0.1) is 11.8 Å². The highest BCUT2D eigenvalue weighted by molar-refractivity contribution is 6.35. The molecule has 1 aromatic carbocycles. The summed E-state index contributed by atoms with van der Waals surface area (Å²) in [7, 11) is 0. The lowest BCUT2D eigenvalue weighted by molar-refractivity contribution is 0.0700. The minimum atomic E-state index is -0.553. The number of hydrogen-bond acceptors (Lipinski definition) is 2. The number of hydrogen-bond donors (Lipinski definition) is 1. The third kappa shape index (κ3) is 4.09. The summed E-state index contributed by atoms with van der Waals surface area (Å²) in [6.45, 7) is 7.27. The Labute approximate surface area is 125 Å². The number of aliphatic hydroxyl groups is 1. The molecule has 0 spiro atoms. The van der Waals surface area contributed by atoms with E-state index in [4.69, 9.17) is 23.2 Å². The number of benzene rings is 1. The Balaban J connectivity index is 2.02. The summed E-state index contributed by atoms with van der Waals surface area (Å²) in [5.41, 5.74) is 0.761. The first-order valence-electron chi connectivity index (χ1n) is 6.81. The van der Waals surface area contributed by atoms with E-state index < -0.39 is 6.10 Å². The van der Waals surface area contributed by atoms with Gasteiger partial charge in [0.25, 0.3) is 0 Å². The molecule has 0 radical (unpaired) electrons. The van der Waals surface area contributed by atoms with Crippen molar-refractivity contribution >= 4 is 23.2 Å². The molecule has 2 rings (SSSR count). The fourth-order valence-electron chi connectivity index (χ4n) is 3.06. The van der Waals surface area contributed by atoms with Crippen molar-refractivity contribution in [3.63, 3.8) is 0 Å². The van der Waals surface area contributed by atoms with Crippen molar-refractivity contribution in [2.24, 2.45) is 11.8 Å². The number of nitrogens with zero attached hydrogens (tertiary/aromatic N) is 1. The molecule has 1 aliphatic heterocycles. The molecule has 1 aromatic rings. The van der Waals surface area contributed by atoms with Crippen molar-refractivity contribution < 1.29 is 5.11 Å². The summed E-state index contributed by atoms with van der Waals surface area (Å²) in [5.74, 6) is 1.38. The largest absolute Gasteiger partial charge is 0.387 e. The standard InChI is InChI=1S/C15H21Cl2NO/c1-10-5-11(2)8-18(7-10)9-15(19)13-4-3-12(16)6-14(13)17/h3-4,6,10-11,15,19H,5,7-9H2,1-2H3. The second-order valence-electron chi connectivity index (χ2n) is 5.85. The molecule has 0 aliphatic carbocycles. The number of β-amino-alcohol motifs (C(OH)–C–C–N with tert-alkyl or cyclic N) is 1. The number of aliphatic hydroxyl groups excluding tert-OH is 1. The Morgan fingerprint density at radius 1 is 1.26 bits per heavy atom. The molecule has 1 heterocycles.